The van der Waals surface area contributed by atoms with Crippen molar-refractivity contribution in [3.63, 3.8) is 0 Å². The highest BCUT2D eigenvalue weighted by Crippen LogP contribution is 2.27. The first-order valence-electron chi connectivity index (χ1n) is 5.34. The Bertz CT molecular complexity index is 681. The molecule has 100 valence electrons. The molecule has 1 atom stereocenters. The molecule has 1 fully saturated rings. The number of hydrogen-bond donors (Lipinski definition) is 1. The van der Waals surface area contributed by atoms with Crippen molar-refractivity contribution in [1.29, 1.82) is 5.26 Å². The smallest absolute Gasteiger partial charge is 0.228 e. The minimum atomic E-state index is -3.84. The lowest BCUT2D eigenvalue weighted by Crippen LogP contribution is -2.32. The zero-order valence-corrected chi connectivity index (χ0v) is 10.5. The minimum absolute atomic E-state index is 0.0462. The molecule has 1 heterocycles. The highest BCUT2D eigenvalue weighted by atomic mass is 32.2. The van der Waals surface area contributed by atoms with E-state index in [0.717, 1.165) is 11.0 Å². The molecule has 0 aromatic heterocycles. The van der Waals surface area contributed by atoms with Gasteiger partial charge in [-0.05, 0) is 18.2 Å². The summed E-state index contributed by atoms with van der Waals surface area (Å²) in [4.78, 5) is 12.7. The molecule has 8 heteroatoms. The summed E-state index contributed by atoms with van der Waals surface area (Å²) in [5.74, 6) is -1.26. The average Bonchev–Trinajstić information content (AvgIpc) is 2.71. The third-order valence-electron chi connectivity index (χ3n) is 2.92. The van der Waals surface area contributed by atoms with Gasteiger partial charge >= 0.3 is 0 Å². The Hall–Kier alpha value is -1.98. The third kappa shape index (κ3) is 2.57. The number of benzene rings is 1. The van der Waals surface area contributed by atoms with Crippen LogP contribution < -0.4 is 10.0 Å². The van der Waals surface area contributed by atoms with Crippen molar-refractivity contribution >= 4 is 21.6 Å². The Morgan fingerprint density at radius 1 is 1.47 bits per heavy atom. The van der Waals surface area contributed by atoms with E-state index in [9.17, 15) is 17.6 Å². The fourth-order valence-electron chi connectivity index (χ4n) is 1.92. The van der Waals surface area contributed by atoms with Crippen LogP contribution in [-0.2, 0) is 14.8 Å². The molecule has 1 aromatic rings. The molecular formula is C11H10FN3O3S. The number of anilines is 1. The predicted octanol–water partition coefficient (Wildman–Crippen LogP) is 0.0912. The lowest BCUT2D eigenvalue weighted by molar-refractivity contribution is -0.117. The SMILES string of the molecule is N#Cc1ccc(N2CC(S(N)(=O)=O)CC2=O)c(F)c1. The number of nitrogens with two attached hydrogens (primary N) is 1. The second-order valence-electron chi connectivity index (χ2n) is 4.20. The van der Waals surface area contributed by atoms with Gasteiger partial charge in [0.05, 0.1) is 17.3 Å². The van der Waals surface area contributed by atoms with Gasteiger partial charge in [-0.15, -0.1) is 0 Å². The minimum Gasteiger partial charge on any atom is -0.308 e. The van der Waals surface area contributed by atoms with Gasteiger partial charge < -0.3 is 4.90 Å². The van der Waals surface area contributed by atoms with Gasteiger partial charge in [0.15, 0.2) is 0 Å². The van der Waals surface area contributed by atoms with Crippen molar-refractivity contribution < 1.29 is 17.6 Å². The van der Waals surface area contributed by atoms with E-state index in [1.807, 2.05) is 0 Å². The number of carbonyl (C=O) groups excluding carboxylic acids is 1. The molecule has 1 amide bonds. The van der Waals surface area contributed by atoms with Crippen LogP contribution in [0.4, 0.5) is 10.1 Å². The van der Waals surface area contributed by atoms with Crippen molar-refractivity contribution in [2.45, 2.75) is 11.7 Å². The topological polar surface area (TPSA) is 104 Å². The van der Waals surface area contributed by atoms with Crippen LogP contribution in [0.25, 0.3) is 0 Å². The molecule has 6 nitrogen and oxygen atoms in total. The van der Waals surface area contributed by atoms with Crippen molar-refractivity contribution in [3.8, 4) is 6.07 Å². The molecule has 1 aliphatic heterocycles. The van der Waals surface area contributed by atoms with Crippen LogP contribution in [0.5, 0.6) is 0 Å². The van der Waals surface area contributed by atoms with Gasteiger partial charge in [-0.1, -0.05) is 0 Å². The summed E-state index contributed by atoms with van der Waals surface area (Å²) in [6.45, 7) is -0.180. The molecule has 19 heavy (non-hydrogen) atoms. The van der Waals surface area contributed by atoms with Crippen molar-refractivity contribution in [3.05, 3.63) is 29.6 Å². The normalized spacial score (nSPS) is 19.5. The molecule has 0 bridgehead atoms. The predicted molar refractivity (Wildman–Crippen MR) is 65.0 cm³/mol. The van der Waals surface area contributed by atoms with E-state index in [1.165, 1.54) is 12.1 Å². The Morgan fingerprint density at radius 2 is 2.16 bits per heavy atom. The lowest BCUT2D eigenvalue weighted by Gasteiger charge is -2.17. The number of nitriles is 1. The zero-order chi connectivity index (χ0) is 14.2. The molecule has 0 saturated carbocycles. The van der Waals surface area contributed by atoms with Crippen LogP contribution in [0.2, 0.25) is 0 Å². The lowest BCUT2D eigenvalue weighted by atomic mass is 10.2. The van der Waals surface area contributed by atoms with E-state index in [-0.39, 0.29) is 24.2 Å². The van der Waals surface area contributed by atoms with Gasteiger partial charge in [-0.3, -0.25) is 4.79 Å². The first-order chi connectivity index (χ1) is 8.82. The zero-order valence-electron chi connectivity index (χ0n) is 9.71. The number of hydrogen-bond acceptors (Lipinski definition) is 4. The average molecular weight is 283 g/mol. The molecule has 0 spiro atoms. The van der Waals surface area contributed by atoms with E-state index in [1.54, 1.807) is 6.07 Å². The van der Waals surface area contributed by atoms with Crippen LogP contribution in [0.1, 0.15) is 12.0 Å². The summed E-state index contributed by atoms with van der Waals surface area (Å²) in [6, 6.07) is 5.40. The summed E-state index contributed by atoms with van der Waals surface area (Å²) in [7, 11) is -3.84. The number of nitrogens with zero attached hydrogens (tertiary/aromatic N) is 2. The second-order valence-corrected chi connectivity index (χ2v) is 6.04. The third-order valence-corrected chi connectivity index (χ3v) is 4.17. The van der Waals surface area contributed by atoms with Gasteiger partial charge in [0.2, 0.25) is 15.9 Å². The van der Waals surface area contributed by atoms with Crippen molar-refractivity contribution in [2.24, 2.45) is 5.14 Å². The fourth-order valence-corrected chi connectivity index (χ4v) is 2.65. The Balaban J connectivity index is 2.34. The Kier molecular flexibility index (Phi) is 3.26. The first-order valence-corrected chi connectivity index (χ1v) is 6.95. The summed E-state index contributed by atoms with van der Waals surface area (Å²) in [5, 5.41) is 12.6. The first kappa shape index (κ1) is 13.5. The van der Waals surface area contributed by atoms with E-state index in [0.29, 0.717) is 0 Å². The van der Waals surface area contributed by atoms with Gasteiger partial charge in [-0.25, -0.2) is 17.9 Å². The maximum Gasteiger partial charge on any atom is 0.228 e. The second kappa shape index (κ2) is 4.60. The number of primary sulfonamides is 1. The Labute approximate surface area is 109 Å². The molecule has 2 rings (SSSR count). The summed E-state index contributed by atoms with van der Waals surface area (Å²) >= 11 is 0. The van der Waals surface area contributed by atoms with Crippen LogP contribution in [0.3, 0.4) is 0 Å². The molecule has 1 saturated heterocycles. The summed E-state index contributed by atoms with van der Waals surface area (Å²) < 4.78 is 36.2. The standard InChI is InChI=1S/C11H10FN3O3S/c12-9-3-7(5-13)1-2-10(9)15-6-8(4-11(15)16)19(14,17)18/h1-3,8H,4,6H2,(H2,14,17,18). The summed E-state index contributed by atoms with van der Waals surface area (Å²) in [5.41, 5.74) is 0.0750. The highest BCUT2D eigenvalue weighted by Gasteiger charge is 2.38. The number of carbonyl (C=O) groups is 1. The molecule has 1 unspecified atom stereocenters. The monoisotopic (exact) mass is 283 g/mol. The van der Waals surface area contributed by atoms with E-state index in [4.69, 9.17) is 10.4 Å². The maximum absolute atomic E-state index is 13.8. The van der Waals surface area contributed by atoms with Gasteiger partial charge in [-0.2, -0.15) is 5.26 Å². The van der Waals surface area contributed by atoms with E-state index >= 15 is 0 Å². The largest absolute Gasteiger partial charge is 0.308 e. The maximum atomic E-state index is 13.8. The van der Waals surface area contributed by atoms with E-state index in [2.05, 4.69) is 0 Å². The molecular weight excluding hydrogens is 273 g/mol. The van der Waals surface area contributed by atoms with Crippen molar-refractivity contribution in [1.82, 2.24) is 0 Å². The number of rotatable bonds is 2. The fraction of sp³-hybridized carbons (Fsp3) is 0.273. The number of halogens is 1. The quantitative estimate of drug-likeness (QED) is 0.830. The van der Waals surface area contributed by atoms with Gasteiger partial charge in [0.25, 0.3) is 0 Å². The highest BCUT2D eigenvalue weighted by molar-refractivity contribution is 7.89. The van der Waals surface area contributed by atoms with Crippen molar-refractivity contribution in [2.75, 3.05) is 11.4 Å². The number of amides is 1. The van der Waals surface area contributed by atoms with Crippen LogP contribution in [-0.4, -0.2) is 26.1 Å². The van der Waals surface area contributed by atoms with E-state index < -0.39 is 27.0 Å². The molecule has 1 aliphatic rings. The van der Waals surface area contributed by atoms with Gasteiger partial charge in [0.1, 0.15) is 11.1 Å². The van der Waals surface area contributed by atoms with Gasteiger partial charge in [0, 0.05) is 13.0 Å². The van der Waals surface area contributed by atoms with Crippen LogP contribution in [0.15, 0.2) is 18.2 Å². The Morgan fingerprint density at radius 3 is 2.63 bits per heavy atom. The number of sulfonamides is 1. The van der Waals surface area contributed by atoms with Crippen LogP contribution >= 0.6 is 0 Å². The molecule has 2 N–H and O–H groups in total. The molecule has 0 aliphatic carbocycles. The van der Waals surface area contributed by atoms with Crippen LogP contribution in [0, 0.1) is 17.1 Å². The molecule has 0 radical (unpaired) electrons. The molecule has 1 aromatic carbocycles. The summed E-state index contributed by atoms with van der Waals surface area (Å²) in [6.07, 6.45) is -0.266.